The van der Waals surface area contributed by atoms with Crippen LogP contribution in [0, 0.1) is 0 Å². The molecule has 0 aliphatic rings. The largest absolute Gasteiger partial charge is 0.394 e. The lowest BCUT2D eigenvalue weighted by Crippen LogP contribution is -2.33. The average Bonchev–Trinajstić information content (AvgIpc) is 3.14. The molecule has 2 rings (SSSR count). The van der Waals surface area contributed by atoms with E-state index in [1.165, 1.54) is 17.2 Å². The summed E-state index contributed by atoms with van der Waals surface area (Å²) in [6, 6.07) is 0. The number of aromatic amines is 1. The predicted molar refractivity (Wildman–Crippen MR) is 107 cm³/mol. The highest BCUT2D eigenvalue weighted by Gasteiger charge is 2.38. The van der Waals surface area contributed by atoms with Gasteiger partial charge in [-0.15, -0.1) is 0 Å². The molecule has 3 unspecified atom stereocenters. The monoisotopic (exact) mass is 448 g/mol. The molecule has 0 aromatic carbocycles. The van der Waals surface area contributed by atoms with E-state index in [1.807, 2.05) is 0 Å². The number of nitrogens with zero attached hydrogens (tertiary/aromatic N) is 3. The van der Waals surface area contributed by atoms with Crippen LogP contribution in [0.5, 0.6) is 0 Å². The molecule has 30 heavy (non-hydrogen) atoms. The van der Waals surface area contributed by atoms with Crippen LogP contribution in [-0.2, 0) is 13.8 Å². The molecule has 0 aliphatic heterocycles. The number of aliphatic hydroxyl groups excluding tert-OH is 3. The summed E-state index contributed by atoms with van der Waals surface area (Å²) >= 11 is 0. The van der Waals surface area contributed by atoms with Gasteiger partial charge in [-0.05, 0) is 19.8 Å². The summed E-state index contributed by atoms with van der Waals surface area (Å²) < 4.78 is 24.7. The number of hydrogen-bond donors (Lipinski definition) is 5. The number of imidazole rings is 1. The number of ether oxygens (including phenoxy) is 1. The molecule has 2 heterocycles. The Labute approximate surface area is 173 Å². The molecule has 0 spiro atoms. The topological polar surface area (TPSA) is 180 Å². The van der Waals surface area contributed by atoms with Gasteiger partial charge < -0.3 is 34.5 Å². The minimum absolute atomic E-state index is 0.0306. The van der Waals surface area contributed by atoms with Crippen molar-refractivity contribution in [2.75, 3.05) is 13.2 Å². The quantitative estimate of drug-likeness (QED) is 0.287. The van der Waals surface area contributed by atoms with Gasteiger partial charge in [-0.3, -0.25) is 13.9 Å². The summed E-state index contributed by atoms with van der Waals surface area (Å²) in [6.45, 7) is 4.30. The van der Waals surface area contributed by atoms with E-state index >= 15 is 0 Å². The Morgan fingerprint density at radius 2 is 2.03 bits per heavy atom. The molecular formula is C17H29N4O8P. The third-order valence-electron chi connectivity index (χ3n) is 4.92. The van der Waals surface area contributed by atoms with Crippen molar-refractivity contribution >= 4 is 18.8 Å². The van der Waals surface area contributed by atoms with Gasteiger partial charge in [-0.1, -0.05) is 13.8 Å². The Kier molecular flexibility index (Phi) is 8.28. The van der Waals surface area contributed by atoms with E-state index in [2.05, 4.69) is 15.0 Å². The highest BCUT2D eigenvalue weighted by Crippen LogP contribution is 2.52. The second-order valence-electron chi connectivity index (χ2n) is 7.16. The minimum Gasteiger partial charge on any atom is -0.394 e. The lowest BCUT2D eigenvalue weighted by atomic mass is 10.0. The summed E-state index contributed by atoms with van der Waals surface area (Å²) in [5, 5.41) is 29.3. The molecule has 13 heteroatoms. The molecule has 0 amide bonds. The zero-order valence-corrected chi connectivity index (χ0v) is 18.0. The Morgan fingerprint density at radius 3 is 2.63 bits per heavy atom. The van der Waals surface area contributed by atoms with Gasteiger partial charge in [0.1, 0.15) is 6.10 Å². The maximum atomic E-state index is 12.3. The van der Waals surface area contributed by atoms with Crippen LogP contribution < -0.4 is 5.56 Å². The first-order valence-electron chi connectivity index (χ1n) is 9.60. The lowest BCUT2D eigenvalue weighted by Gasteiger charge is -2.33. The number of fused-ring (bicyclic) bond motifs is 1. The Balaban J connectivity index is 2.17. The average molecular weight is 448 g/mol. The zero-order chi connectivity index (χ0) is 22.5. The summed E-state index contributed by atoms with van der Waals surface area (Å²) in [5.74, 6) is -1.49. The molecule has 0 saturated heterocycles. The van der Waals surface area contributed by atoms with Crippen LogP contribution in [0.15, 0.2) is 17.4 Å². The summed E-state index contributed by atoms with van der Waals surface area (Å²) in [6.07, 6.45) is 0.571. The summed E-state index contributed by atoms with van der Waals surface area (Å²) in [4.78, 5) is 32.2. The van der Waals surface area contributed by atoms with Crippen molar-refractivity contribution in [2.45, 2.75) is 63.8 Å². The number of aliphatic hydroxyl groups is 3. The molecule has 5 N–H and O–H groups in total. The van der Waals surface area contributed by atoms with Crippen molar-refractivity contribution < 1.29 is 34.0 Å². The van der Waals surface area contributed by atoms with Crippen molar-refractivity contribution in [1.82, 2.24) is 19.5 Å². The third-order valence-corrected chi connectivity index (χ3v) is 6.74. The van der Waals surface area contributed by atoms with Gasteiger partial charge in [0, 0.05) is 6.42 Å². The maximum Gasteiger partial charge on any atom is 0.356 e. The van der Waals surface area contributed by atoms with Crippen LogP contribution in [-0.4, -0.2) is 70.5 Å². The van der Waals surface area contributed by atoms with Gasteiger partial charge in [0.05, 0.1) is 31.5 Å². The molecule has 0 saturated carbocycles. The molecule has 0 fully saturated rings. The SMILES string of the molecule is CCC(O)P(=O)(O)OC(C)(CC)CCO[C@H]([C@H](O)CO)n1cnc2c(=O)[nH]cnc21. The fraction of sp³-hybridized carbons (Fsp3) is 0.706. The first kappa shape index (κ1) is 24.6. The van der Waals surface area contributed by atoms with Crippen molar-refractivity contribution in [3.05, 3.63) is 23.0 Å². The van der Waals surface area contributed by atoms with Gasteiger partial charge in [0.25, 0.3) is 5.56 Å². The van der Waals surface area contributed by atoms with Gasteiger partial charge in [0.2, 0.25) is 0 Å². The molecule has 12 nitrogen and oxygen atoms in total. The molecular weight excluding hydrogens is 419 g/mol. The Bertz CT molecular complexity index is 934. The molecule has 5 atom stereocenters. The highest BCUT2D eigenvalue weighted by molar-refractivity contribution is 7.53. The highest BCUT2D eigenvalue weighted by atomic mass is 31.2. The van der Waals surface area contributed by atoms with E-state index in [-0.39, 0.29) is 30.6 Å². The second kappa shape index (κ2) is 10.1. The molecule has 2 aromatic heterocycles. The van der Waals surface area contributed by atoms with Gasteiger partial charge >= 0.3 is 7.60 Å². The molecule has 0 aliphatic carbocycles. The zero-order valence-electron chi connectivity index (χ0n) is 17.1. The lowest BCUT2D eigenvalue weighted by molar-refractivity contribution is -0.107. The minimum atomic E-state index is -4.25. The van der Waals surface area contributed by atoms with E-state index in [1.54, 1.807) is 20.8 Å². The van der Waals surface area contributed by atoms with Gasteiger partial charge in [-0.25, -0.2) is 9.97 Å². The Morgan fingerprint density at radius 1 is 1.33 bits per heavy atom. The van der Waals surface area contributed by atoms with E-state index in [0.717, 1.165) is 0 Å². The predicted octanol–water partition coefficient (Wildman–Crippen LogP) is 0.477. The van der Waals surface area contributed by atoms with Crippen LogP contribution in [0.4, 0.5) is 0 Å². The fourth-order valence-electron chi connectivity index (χ4n) is 2.81. The molecule has 0 bridgehead atoms. The first-order chi connectivity index (χ1) is 14.1. The smallest absolute Gasteiger partial charge is 0.356 e. The number of rotatable bonds is 12. The van der Waals surface area contributed by atoms with Crippen molar-refractivity contribution in [3.63, 3.8) is 0 Å². The number of nitrogens with one attached hydrogen (secondary N) is 1. The fourth-order valence-corrected chi connectivity index (χ4v) is 4.24. The molecule has 170 valence electrons. The number of H-pyrrole nitrogens is 1. The van der Waals surface area contributed by atoms with Gasteiger partial charge in [-0.2, -0.15) is 0 Å². The standard InChI is InChI=1S/C17H29N4O8P/c1-4-12(24)30(26,27)29-17(3,5-2)6-7-28-16(11(23)8-22)21-10-20-13-14(21)18-9-19-15(13)25/h9-12,16,22-24H,4-8H2,1-3H3,(H,26,27)(H,18,19,25)/t11-,12?,16-,17?/m1/s1. The van der Waals surface area contributed by atoms with Crippen LogP contribution in [0.25, 0.3) is 11.2 Å². The van der Waals surface area contributed by atoms with Crippen LogP contribution in [0.3, 0.4) is 0 Å². The second-order valence-corrected chi connectivity index (χ2v) is 9.07. The van der Waals surface area contributed by atoms with E-state index in [4.69, 9.17) is 9.26 Å². The van der Waals surface area contributed by atoms with Crippen molar-refractivity contribution in [3.8, 4) is 0 Å². The summed E-state index contributed by atoms with van der Waals surface area (Å²) in [7, 11) is -4.25. The van der Waals surface area contributed by atoms with Crippen molar-refractivity contribution in [1.29, 1.82) is 0 Å². The first-order valence-corrected chi connectivity index (χ1v) is 11.2. The van der Waals surface area contributed by atoms with Gasteiger partial charge in [0.15, 0.2) is 23.2 Å². The molecule has 0 radical (unpaired) electrons. The van der Waals surface area contributed by atoms with Crippen molar-refractivity contribution in [2.24, 2.45) is 0 Å². The number of hydrogen-bond acceptors (Lipinski definition) is 9. The third kappa shape index (κ3) is 5.52. The molecule has 2 aromatic rings. The van der Waals surface area contributed by atoms with Crippen LogP contribution in [0.2, 0.25) is 0 Å². The van der Waals surface area contributed by atoms with E-state index in [0.29, 0.717) is 6.42 Å². The number of aromatic nitrogens is 4. The Hall–Kier alpha value is -1.66. The normalized spacial score (nSPS) is 19.2. The van der Waals surface area contributed by atoms with E-state index < -0.39 is 43.5 Å². The van der Waals surface area contributed by atoms with Crippen LogP contribution >= 0.6 is 7.60 Å². The summed E-state index contributed by atoms with van der Waals surface area (Å²) in [5.41, 5.74) is -1.33. The maximum absolute atomic E-state index is 12.3. The van der Waals surface area contributed by atoms with E-state index in [9.17, 15) is 29.6 Å². The van der Waals surface area contributed by atoms with Crippen LogP contribution in [0.1, 0.15) is 46.3 Å².